The van der Waals surface area contributed by atoms with Crippen molar-refractivity contribution >= 4 is 17.2 Å². The van der Waals surface area contributed by atoms with Gasteiger partial charge in [0.1, 0.15) is 11.9 Å². The minimum atomic E-state index is -0.137. The van der Waals surface area contributed by atoms with Crippen LogP contribution in [0.5, 0.6) is 0 Å². The molecule has 2 atom stereocenters. The van der Waals surface area contributed by atoms with Crippen LogP contribution in [0.2, 0.25) is 0 Å². The second-order valence-electron chi connectivity index (χ2n) is 7.29. The lowest BCUT2D eigenvalue weighted by molar-refractivity contribution is -0.128. The zero-order chi connectivity index (χ0) is 18.9. The number of ether oxygens (including phenoxy) is 1. The molecule has 2 heterocycles. The molecule has 5 rings (SSSR count). The van der Waals surface area contributed by atoms with Gasteiger partial charge in [-0.3, -0.25) is 4.79 Å². The summed E-state index contributed by atoms with van der Waals surface area (Å²) in [5, 5.41) is 0. The molecule has 3 aromatic carbocycles. The van der Waals surface area contributed by atoms with Crippen molar-refractivity contribution in [2.24, 2.45) is 0 Å². The van der Waals surface area contributed by atoms with Gasteiger partial charge < -0.3 is 9.64 Å². The molecule has 2 aliphatic rings. The number of carbonyl (C=O) groups excluding carboxylic acids is 1. The van der Waals surface area contributed by atoms with Gasteiger partial charge in [0.2, 0.25) is 5.91 Å². The zero-order valence-corrected chi connectivity index (χ0v) is 15.5. The molecule has 1 saturated heterocycles. The van der Waals surface area contributed by atoms with E-state index < -0.39 is 0 Å². The van der Waals surface area contributed by atoms with Gasteiger partial charge >= 0.3 is 0 Å². The quantitative estimate of drug-likeness (QED) is 0.666. The predicted molar refractivity (Wildman–Crippen MR) is 110 cm³/mol. The summed E-state index contributed by atoms with van der Waals surface area (Å²) in [4.78, 5) is 14.8. The Morgan fingerprint density at radius 2 is 1.36 bits per heavy atom. The van der Waals surface area contributed by atoms with E-state index in [0.29, 0.717) is 13.0 Å². The number of fused-ring (bicyclic) bond motifs is 1. The Balaban J connectivity index is 1.61. The van der Waals surface area contributed by atoms with Crippen LogP contribution in [0.3, 0.4) is 0 Å². The maximum absolute atomic E-state index is 12.8. The Hall–Kier alpha value is -3.33. The van der Waals surface area contributed by atoms with Gasteiger partial charge in [-0.2, -0.15) is 0 Å². The summed E-state index contributed by atoms with van der Waals surface area (Å²) in [5.74, 6) is 1.05. The lowest BCUT2D eigenvalue weighted by Gasteiger charge is -2.25. The van der Waals surface area contributed by atoms with Crippen LogP contribution < -0.4 is 0 Å². The zero-order valence-electron chi connectivity index (χ0n) is 15.5. The Bertz CT molecular complexity index is 1010. The number of hydrogen-bond donors (Lipinski definition) is 0. The second-order valence-corrected chi connectivity index (χ2v) is 7.29. The van der Waals surface area contributed by atoms with Crippen molar-refractivity contribution in [1.82, 2.24) is 4.90 Å². The molecule has 3 nitrogen and oxygen atoms in total. The molecule has 2 aliphatic heterocycles. The first-order valence-corrected chi connectivity index (χ1v) is 9.66. The standard InChI is InChI=1S/C25H21NO2/c27-22-16-21-24(26(22)17-18-10-4-1-5-11-18)23(19-12-6-2-7-13-19)25(28-21)20-14-8-3-9-15-20/h1-15,21,24H,16-17H2/t21-,24+/m0/s1. The highest BCUT2D eigenvalue weighted by Gasteiger charge is 2.49. The van der Waals surface area contributed by atoms with Crippen molar-refractivity contribution in [1.29, 1.82) is 0 Å². The molecule has 138 valence electrons. The van der Waals surface area contributed by atoms with Gasteiger partial charge in [0, 0.05) is 17.7 Å². The number of amides is 1. The van der Waals surface area contributed by atoms with E-state index in [9.17, 15) is 4.79 Å². The summed E-state index contributed by atoms with van der Waals surface area (Å²) >= 11 is 0. The van der Waals surface area contributed by atoms with E-state index in [1.165, 1.54) is 0 Å². The predicted octanol–water partition coefficient (Wildman–Crippen LogP) is 4.75. The lowest BCUT2D eigenvalue weighted by atomic mass is 9.94. The van der Waals surface area contributed by atoms with Crippen LogP contribution in [0, 0.1) is 0 Å². The summed E-state index contributed by atoms with van der Waals surface area (Å²) in [6.45, 7) is 0.600. The normalized spacial score (nSPS) is 21.0. The maximum Gasteiger partial charge on any atom is 0.227 e. The Morgan fingerprint density at radius 3 is 2.00 bits per heavy atom. The first-order valence-electron chi connectivity index (χ1n) is 9.66. The molecule has 0 saturated carbocycles. The highest BCUT2D eigenvalue weighted by molar-refractivity contribution is 5.97. The Morgan fingerprint density at radius 1 is 0.786 bits per heavy atom. The van der Waals surface area contributed by atoms with E-state index in [4.69, 9.17) is 4.74 Å². The van der Waals surface area contributed by atoms with Gasteiger partial charge in [-0.1, -0.05) is 91.0 Å². The van der Waals surface area contributed by atoms with Gasteiger partial charge in [0.25, 0.3) is 0 Å². The van der Waals surface area contributed by atoms with E-state index >= 15 is 0 Å². The topological polar surface area (TPSA) is 29.5 Å². The number of likely N-dealkylation sites (tertiary alicyclic amines) is 1. The summed E-state index contributed by atoms with van der Waals surface area (Å²) in [5.41, 5.74) is 4.42. The maximum atomic E-state index is 12.8. The molecular weight excluding hydrogens is 346 g/mol. The third kappa shape index (κ3) is 2.89. The van der Waals surface area contributed by atoms with Crippen molar-refractivity contribution in [3.8, 4) is 0 Å². The second kappa shape index (κ2) is 7.01. The van der Waals surface area contributed by atoms with Crippen molar-refractivity contribution in [2.75, 3.05) is 0 Å². The van der Waals surface area contributed by atoms with Crippen molar-refractivity contribution < 1.29 is 9.53 Å². The van der Waals surface area contributed by atoms with Gasteiger partial charge in [0.05, 0.1) is 12.5 Å². The van der Waals surface area contributed by atoms with E-state index in [-0.39, 0.29) is 18.1 Å². The van der Waals surface area contributed by atoms with E-state index in [1.54, 1.807) is 0 Å². The van der Waals surface area contributed by atoms with Crippen LogP contribution in [0.4, 0.5) is 0 Å². The third-order valence-electron chi connectivity index (χ3n) is 5.51. The monoisotopic (exact) mass is 367 g/mol. The van der Waals surface area contributed by atoms with Gasteiger partial charge in [0.15, 0.2) is 0 Å². The minimum Gasteiger partial charge on any atom is -0.486 e. The lowest BCUT2D eigenvalue weighted by Crippen LogP contribution is -2.35. The molecular formula is C25H21NO2. The minimum absolute atomic E-state index is 0.0645. The van der Waals surface area contributed by atoms with Crippen LogP contribution in [-0.2, 0) is 16.1 Å². The molecule has 1 fully saturated rings. The molecule has 0 unspecified atom stereocenters. The Kier molecular flexibility index (Phi) is 4.21. The molecule has 0 spiro atoms. The van der Waals surface area contributed by atoms with E-state index in [0.717, 1.165) is 28.0 Å². The molecule has 0 bridgehead atoms. The van der Waals surface area contributed by atoms with E-state index in [2.05, 4.69) is 36.4 Å². The Labute approximate surface area is 164 Å². The first-order chi connectivity index (χ1) is 13.8. The summed E-state index contributed by atoms with van der Waals surface area (Å²) in [6.07, 6.45) is 0.283. The molecule has 28 heavy (non-hydrogen) atoms. The van der Waals surface area contributed by atoms with Crippen molar-refractivity contribution in [3.63, 3.8) is 0 Å². The molecule has 1 amide bonds. The number of nitrogens with zero attached hydrogens (tertiary/aromatic N) is 1. The molecule has 0 aromatic heterocycles. The van der Waals surface area contributed by atoms with Gasteiger partial charge in [-0.25, -0.2) is 0 Å². The molecule has 0 N–H and O–H groups in total. The van der Waals surface area contributed by atoms with Crippen LogP contribution in [0.1, 0.15) is 23.1 Å². The first kappa shape index (κ1) is 16.8. The summed E-state index contributed by atoms with van der Waals surface area (Å²) in [6, 6.07) is 30.6. The molecule has 3 heteroatoms. The van der Waals surface area contributed by atoms with Crippen LogP contribution in [0.15, 0.2) is 91.0 Å². The largest absolute Gasteiger partial charge is 0.486 e. The summed E-state index contributed by atoms with van der Waals surface area (Å²) < 4.78 is 6.39. The summed E-state index contributed by atoms with van der Waals surface area (Å²) in [7, 11) is 0. The smallest absolute Gasteiger partial charge is 0.227 e. The van der Waals surface area contributed by atoms with Crippen molar-refractivity contribution in [3.05, 3.63) is 108 Å². The fraction of sp³-hybridized carbons (Fsp3) is 0.160. The molecule has 0 radical (unpaired) electrons. The number of carbonyl (C=O) groups is 1. The van der Waals surface area contributed by atoms with Crippen molar-refractivity contribution in [2.45, 2.75) is 25.1 Å². The average Bonchev–Trinajstić information content (AvgIpc) is 3.26. The number of hydrogen-bond acceptors (Lipinski definition) is 2. The highest BCUT2D eigenvalue weighted by Crippen LogP contribution is 2.46. The SMILES string of the molecule is O=C1C[C@@H]2OC(c3ccccc3)=C(c3ccccc3)[C@@H]2N1Cc1ccccc1. The third-order valence-corrected chi connectivity index (χ3v) is 5.51. The molecule has 0 aliphatic carbocycles. The number of rotatable bonds is 4. The van der Waals surface area contributed by atoms with Gasteiger partial charge in [-0.15, -0.1) is 0 Å². The number of benzene rings is 3. The van der Waals surface area contributed by atoms with Gasteiger partial charge in [-0.05, 0) is 11.1 Å². The fourth-order valence-corrected chi connectivity index (χ4v) is 4.25. The average molecular weight is 367 g/mol. The highest BCUT2D eigenvalue weighted by atomic mass is 16.5. The molecule has 3 aromatic rings. The van der Waals surface area contributed by atoms with Crippen LogP contribution in [-0.4, -0.2) is 23.0 Å². The van der Waals surface area contributed by atoms with Crippen LogP contribution >= 0.6 is 0 Å². The van der Waals surface area contributed by atoms with Crippen LogP contribution in [0.25, 0.3) is 11.3 Å². The van der Waals surface area contributed by atoms with E-state index in [1.807, 2.05) is 59.5 Å². The fourth-order valence-electron chi connectivity index (χ4n) is 4.25.